The van der Waals surface area contributed by atoms with E-state index in [0.717, 1.165) is 27.5 Å². The van der Waals surface area contributed by atoms with Crippen LogP contribution in [-0.4, -0.2) is 41.4 Å². The molecule has 21 heavy (non-hydrogen) atoms. The SMILES string of the molecule is O=[N+]([O-])c1ccc(Sc2nnc(N3CCOCC3)s2)cc1. The van der Waals surface area contributed by atoms with Crippen LogP contribution in [0.1, 0.15) is 0 Å². The molecule has 2 aromatic rings. The zero-order valence-electron chi connectivity index (χ0n) is 11.0. The van der Waals surface area contributed by atoms with Gasteiger partial charge >= 0.3 is 0 Å². The van der Waals surface area contributed by atoms with Crippen LogP contribution in [0.2, 0.25) is 0 Å². The highest BCUT2D eigenvalue weighted by molar-refractivity contribution is 8.01. The maximum absolute atomic E-state index is 10.6. The number of aromatic nitrogens is 2. The van der Waals surface area contributed by atoms with E-state index in [0.29, 0.717) is 13.2 Å². The lowest BCUT2D eigenvalue weighted by Gasteiger charge is -2.25. The Hall–Kier alpha value is -1.71. The highest BCUT2D eigenvalue weighted by Gasteiger charge is 2.16. The lowest BCUT2D eigenvalue weighted by Crippen LogP contribution is -2.36. The van der Waals surface area contributed by atoms with E-state index in [-0.39, 0.29) is 5.69 Å². The van der Waals surface area contributed by atoms with Crippen molar-refractivity contribution in [1.29, 1.82) is 0 Å². The summed E-state index contributed by atoms with van der Waals surface area (Å²) < 4.78 is 6.13. The molecule has 1 aliphatic heterocycles. The van der Waals surface area contributed by atoms with Crippen LogP contribution in [0.25, 0.3) is 0 Å². The molecule has 1 aliphatic rings. The minimum absolute atomic E-state index is 0.0885. The lowest BCUT2D eigenvalue weighted by molar-refractivity contribution is -0.384. The summed E-state index contributed by atoms with van der Waals surface area (Å²) in [5.41, 5.74) is 0.0885. The first kappa shape index (κ1) is 14.2. The third kappa shape index (κ3) is 3.49. The molecular formula is C12H12N4O3S2. The van der Waals surface area contributed by atoms with Crippen molar-refractivity contribution in [3.63, 3.8) is 0 Å². The second kappa shape index (κ2) is 6.37. The van der Waals surface area contributed by atoms with Crippen LogP contribution in [-0.2, 0) is 4.74 Å². The van der Waals surface area contributed by atoms with Gasteiger partial charge < -0.3 is 9.64 Å². The molecule has 0 bridgehead atoms. The van der Waals surface area contributed by atoms with Crippen LogP contribution < -0.4 is 4.90 Å². The van der Waals surface area contributed by atoms with E-state index in [1.165, 1.54) is 35.2 Å². The van der Waals surface area contributed by atoms with Gasteiger partial charge in [0, 0.05) is 30.1 Å². The molecule has 110 valence electrons. The molecule has 1 fully saturated rings. The lowest BCUT2D eigenvalue weighted by atomic mass is 10.3. The van der Waals surface area contributed by atoms with Crippen LogP contribution >= 0.6 is 23.1 Å². The molecule has 1 aromatic carbocycles. The van der Waals surface area contributed by atoms with Gasteiger partial charge in [-0.05, 0) is 12.1 Å². The highest BCUT2D eigenvalue weighted by Crippen LogP contribution is 2.34. The zero-order chi connectivity index (χ0) is 14.7. The topological polar surface area (TPSA) is 81.4 Å². The minimum Gasteiger partial charge on any atom is -0.378 e. The Morgan fingerprint density at radius 1 is 1.24 bits per heavy atom. The fraction of sp³-hybridized carbons (Fsp3) is 0.333. The number of nitro groups is 1. The summed E-state index contributed by atoms with van der Waals surface area (Å²) in [6.45, 7) is 3.09. The Labute approximate surface area is 129 Å². The van der Waals surface area contributed by atoms with Gasteiger partial charge in [-0.15, -0.1) is 10.2 Å². The van der Waals surface area contributed by atoms with Crippen LogP contribution in [0.4, 0.5) is 10.8 Å². The maximum atomic E-state index is 10.6. The average molecular weight is 324 g/mol. The molecule has 7 nitrogen and oxygen atoms in total. The van der Waals surface area contributed by atoms with Crippen molar-refractivity contribution in [2.24, 2.45) is 0 Å². The Balaban J connectivity index is 1.67. The van der Waals surface area contributed by atoms with E-state index in [4.69, 9.17) is 4.74 Å². The molecule has 0 atom stereocenters. The standard InChI is InChI=1S/C12H12N4O3S2/c17-16(18)9-1-3-10(4-2-9)20-12-14-13-11(21-12)15-5-7-19-8-6-15/h1-4H,5-8H2. The molecular weight excluding hydrogens is 312 g/mol. The van der Waals surface area contributed by atoms with Gasteiger partial charge in [-0.1, -0.05) is 23.1 Å². The van der Waals surface area contributed by atoms with Gasteiger partial charge in [0.2, 0.25) is 5.13 Å². The van der Waals surface area contributed by atoms with Crippen LogP contribution in [0.5, 0.6) is 0 Å². The summed E-state index contributed by atoms with van der Waals surface area (Å²) >= 11 is 2.98. The third-order valence-corrected chi connectivity index (χ3v) is 4.97. The summed E-state index contributed by atoms with van der Waals surface area (Å²) in [6.07, 6.45) is 0. The van der Waals surface area contributed by atoms with Gasteiger partial charge in [0.15, 0.2) is 4.34 Å². The number of non-ortho nitro benzene ring substituents is 1. The highest BCUT2D eigenvalue weighted by atomic mass is 32.2. The summed E-state index contributed by atoms with van der Waals surface area (Å²) in [7, 11) is 0. The maximum Gasteiger partial charge on any atom is 0.269 e. The van der Waals surface area contributed by atoms with Crippen LogP contribution in [0.15, 0.2) is 33.5 Å². The molecule has 0 unspecified atom stereocenters. The first-order valence-corrected chi connectivity index (χ1v) is 7.94. The smallest absolute Gasteiger partial charge is 0.269 e. The number of morpholine rings is 1. The molecule has 0 radical (unpaired) electrons. The Morgan fingerprint density at radius 3 is 2.62 bits per heavy atom. The van der Waals surface area contributed by atoms with E-state index in [2.05, 4.69) is 15.1 Å². The van der Waals surface area contributed by atoms with E-state index in [1.807, 2.05) is 0 Å². The van der Waals surface area contributed by atoms with Gasteiger partial charge in [-0.25, -0.2) is 0 Å². The van der Waals surface area contributed by atoms with Crippen molar-refractivity contribution in [3.8, 4) is 0 Å². The fourth-order valence-electron chi connectivity index (χ4n) is 1.86. The normalized spacial score (nSPS) is 15.1. The molecule has 2 heterocycles. The van der Waals surface area contributed by atoms with Gasteiger partial charge in [-0.2, -0.15) is 0 Å². The second-order valence-corrected chi connectivity index (χ2v) is 6.58. The number of hydrogen-bond acceptors (Lipinski definition) is 8. The summed E-state index contributed by atoms with van der Waals surface area (Å²) in [4.78, 5) is 13.3. The molecule has 3 rings (SSSR count). The predicted octanol–water partition coefficient (Wildman–Crippen LogP) is 2.43. The van der Waals surface area contributed by atoms with Gasteiger partial charge in [0.1, 0.15) is 0 Å². The molecule has 0 spiro atoms. The number of ether oxygens (including phenoxy) is 1. The number of anilines is 1. The van der Waals surface area contributed by atoms with Crippen molar-refractivity contribution in [3.05, 3.63) is 34.4 Å². The molecule has 0 saturated carbocycles. The molecule has 0 N–H and O–H groups in total. The number of benzene rings is 1. The summed E-state index contributed by atoms with van der Waals surface area (Å²) in [5, 5.41) is 19.9. The van der Waals surface area contributed by atoms with E-state index >= 15 is 0 Å². The van der Waals surface area contributed by atoms with Crippen molar-refractivity contribution < 1.29 is 9.66 Å². The van der Waals surface area contributed by atoms with Gasteiger partial charge in [0.05, 0.1) is 18.1 Å². The van der Waals surface area contributed by atoms with Gasteiger partial charge in [0.25, 0.3) is 5.69 Å². The zero-order valence-corrected chi connectivity index (χ0v) is 12.6. The summed E-state index contributed by atoms with van der Waals surface area (Å²) in [5.74, 6) is 0. The predicted molar refractivity (Wildman–Crippen MR) is 80.2 cm³/mol. The van der Waals surface area contributed by atoms with Crippen LogP contribution in [0, 0.1) is 10.1 Å². The van der Waals surface area contributed by atoms with Crippen molar-refractivity contribution in [2.75, 3.05) is 31.2 Å². The first-order valence-electron chi connectivity index (χ1n) is 6.31. The van der Waals surface area contributed by atoms with Crippen molar-refractivity contribution in [2.45, 2.75) is 9.24 Å². The average Bonchev–Trinajstić information content (AvgIpc) is 2.97. The summed E-state index contributed by atoms with van der Waals surface area (Å²) in [6, 6.07) is 6.43. The Morgan fingerprint density at radius 2 is 1.95 bits per heavy atom. The molecule has 9 heteroatoms. The molecule has 0 aliphatic carbocycles. The van der Waals surface area contributed by atoms with Crippen molar-refractivity contribution >= 4 is 33.9 Å². The van der Waals surface area contributed by atoms with Crippen molar-refractivity contribution in [1.82, 2.24) is 10.2 Å². The molecule has 1 aromatic heterocycles. The number of hydrogen-bond donors (Lipinski definition) is 0. The molecule has 1 saturated heterocycles. The quantitative estimate of drug-likeness (QED) is 0.631. The third-order valence-electron chi connectivity index (χ3n) is 2.93. The Kier molecular flexibility index (Phi) is 4.32. The molecule has 0 amide bonds. The van der Waals surface area contributed by atoms with Crippen LogP contribution in [0.3, 0.4) is 0 Å². The van der Waals surface area contributed by atoms with E-state index < -0.39 is 4.92 Å². The largest absolute Gasteiger partial charge is 0.378 e. The number of rotatable bonds is 4. The van der Waals surface area contributed by atoms with Gasteiger partial charge in [-0.3, -0.25) is 10.1 Å². The number of nitro benzene ring substituents is 1. The van der Waals surface area contributed by atoms with E-state index in [9.17, 15) is 10.1 Å². The number of nitrogens with zero attached hydrogens (tertiary/aromatic N) is 4. The fourth-order valence-corrected chi connectivity index (χ4v) is 3.73. The minimum atomic E-state index is -0.407. The van der Waals surface area contributed by atoms with E-state index in [1.54, 1.807) is 12.1 Å². The Bertz CT molecular complexity index is 626. The first-order chi connectivity index (χ1) is 10.2. The monoisotopic (exact) mass is 324 g/mol. The second-order valence-electron chi connectivity index (χ2n) is 4.30.